The minimum Gasteiger partial charge on any atom is -0.495 e. The molecule has 0 amide bonds. The van der Waals surface area contributed by atoms with E-state index in [0.717, 1.165) is 62.4 Å². The maximum absolute atomic E-state index is 12.5. The van der Waals surface area contributed by atoms with Gasteiger partial charge < -0.3 is 24.2 Å². The summed E-state index contributed by atoms with van der Waals surface area (Å²) in [5.41, 5.74) is 4.79. The molecule has 0 bridgehead atoms. The highest BCUT2D eigenvalue weighted by Crippen LogP contribution is 2.28. The molecule has 3 aromatic rings. The molecule has 0 aromatic heterocycles. The molecule has 5 rings (SSSR count). The summed E-state index contributed by atoms with van der Waals surface area (Å²) >= 11 is 0. The van der Waals surface area contributed by atoms with Gasteiger partial charge in [0.25, 0.3) is 0 Å². The van der Waals surface area contributed by atoms with Crippen LogP contribution in [-0.2, 0) is 17.4 Å². The van der Waals surface area contributed by atoms with Gasteiger partial charge in [-0.15, -0.1) is 0 Å². The Labute approximate surface area is 241 Å². The number of aryl methyl sites for hydroxylation is 1. The van der Waals surface area contributed by atoms with Gasteiger partial charge in [0.1, 0.15) is 23.0 Å². The van der Waals surface area contributed by atoms with Crippen LogP contribution in [0.5, 0.6) is 5.75 Å². The molecule has 0 aliphatic carbocycles. The highest BCUT2D eigenvalue weighted by Gasteiger charge is 2.17. The van der Waals surface area contributed by atoms with E-state index in [2.05, 4.69) is 50.7 Å². The summed E-state index contributed by atoms with van der Waals surface area (Å²) in [6.07, 6.45) is 4.48. The topological polar surface area (TPSA) is 65.1 Å². The zero-order chi connectivity index (χ0) is 28.3. The first-order chi connectivity index (χ1) is 19.5. The number of aldehydes is 1. The van der Waals surface area contributed by atoms with E-state index in [4.69, 9.17) is 4.74 Å². The smallest absolute Gasteiger partial charge is 0.150 e. The average Bonchev–Trinajstić information content (AvgIpc) is 3.52. The Morgan fingerprint density at radius 2 is 1.62 bits per heavy atom. The second-order valence-corrected chi connectivity index (χ2v) is 11.7. The second-order valence-electron chi connectivity index (χ2n) is 10.5. The minimum absolute atomic E-state index is 0.574. The molecule has 3 aromatic carbocycles. The van der Waals surface area contributed by atoms with Gasteiger partial charge in [-0.2, -0.15) is 0 Å². The van der Waals surface area contributed by atoms with Crippen molar-refractivity contribution in [2.75, 3.05) is 69.6 Å². The lowest BCUT2D eigenvalue weighted by molar-refractivity contribution is 0.112. The Morgan fingerprint density at radius 3 is 2.30 bits per heavy atom. The van der Waals surface area contributed by atoms with Crippen molar-refractivity contribution < 1.29 is 13.7 Å². The van der Waals surface area contributed by atoms with Gasteiger partial charge in [0.05, 0.1) is 17.7 Å². The van der Waals surface area contributed by atoms with Crippen LogP contribution in [0.25, 0.3) is 0 Å². The van der Waals surface area contributed by atoms with Crippen molar-refractivity contribution in [2.24, 2.45) is 0 Å². The predicted molar refractivity (Wildman–Crippen MR) is 165 cm³/mol. The number of benzene rings is 3. The molecule has 2 aliphatic heterocycles. The number of para-hydroxylation sites is 2. The summed E-state index contributed by atoms with van der Waals surface area (Å²) in [6, 6.07) is 21.6. The summed E-state index contributed by atoms with van der Waals surface area (Å²) in [5.74, 6) is 0.974. The Balaban J connectivity index is 0.000000210. The molecule has 2 saturated heterocycles. The van der Waals surface area contributed by atoms with E-state index < -0.39 is 11.0 Å². The summed E-state index contributed by atoms with van der Waals surface area (Å²) in [7, 11) is 2.51. The Hall–Kier alpha value is -3.20. The van der Waals surface area contributed by atoms with E-state index in [0.29, 0.717) is 10.5 Å². The third kappa shape index (κ3) is 8.40. The van der Waals surface area contributed by atoms with Crippen LogP contribution in [0.2, 0.25) is 0 Å². The molecule has 40 heavy (non-hydrogen) atoms. The van der Waals surface area contributed by atoms with Gasteiger partial charge in [-0.25, -0.2) is 4.21 Å². The molecule has 2 fully saturated rings. The van der Waals surface area contributed by atoms with Gasteiger partial charge in [-0.1, -0.05) is 30.3 Å². The molecular weight excluding hydrogens is 520 g/mol. The highest BCUT2D eigenvalue weighted by molar-refractivity contribution is 7.86. The highest BCUT2D eigenvalue weighted by atomic mass is 32.2. The monoisotopic (exact) mass is 562 g/mol. The average molecular weight is 563 g/mol. The fourth-order valence-corrected chi connectivity index (χ4v) is 5.89. The van der Waals surface area contributed by atoms with Crippen LogP contribution in [0, 0.1) is 6.92 Å². The van der Waals surface area contributed by atoms with Gasteiger partial charge in [0.2, 0.25) is 0 Å². The predicted octanol–water partition coefficient (Wildman–Crippen LogP) is 5.03. The standard InChI is InChI=1S/C20H24N2O2S.C12H18N2O/c1-16-4-9-20(14-18(16)15-23)25(24)21-19-7-5-17(6-8-19)10-13-22-11-2-3-12-22;1-13-7-9-14(10-8-13)11-5-3-4-6-12(11)15-2/h4-9,14-15,21H,2-3,10-13H2,1H3;3-6H,7-10H2,1-2H3. The lowest BCUT2D eigenvalue weighted by Crippen LogP contribution is -2.44. The van der Waals surface area contributed by atoms with E-state index in [1.54, 1.807) is 19.2 Å². The Morgan fingerprint density at radius 1 is 0.925 bits per heavy atom. The van der Waals surface area contributed by atoms with Crippen LogP contribution >= 0.6 is 0 Å². The van der Waals surface area contributed by atoms with Crippen LogP contribution < -0.4 is 14.4 Å². The molecule has 0 saturated carbocycles. The number of anilines is 2. The van der Waals surface area contributed by atoms with E-state index >= 15 is 0 Å². The summed E-state index contributed by atoms with van der Waals surface area (Å²) in [4.78, 5) is 18.9. The first-order valence-corrected chi connectivity index (χ1v) is 15.2. The normalized spacial score (nSPS) is 16.6. The van der Waals surface area contributed by atoms with Gasteiger partial charge >= 0.3 is 0 Å². The van der Waals surface area contributed by atoms with Crippen molar-refractivity contribution in [1.29, 1.82) is 0 Å². The lowest BCUT2D eigenvalue weighted by atomic mass is 10.1. The minimum atomic E-state index is -1.38. The summed E-state index contributed by atoms with van der Waals surface area (Å²) < 4.78 is 20.8. The number of carbonyl (C=O) groups excluding carboxylic acids is 1. The van der Waals surface area contributed by atoms with Crippen LogP contribution in [0.15, 0.2) is 71.6 Å². The van der Waals surface area contributed by atoms with Gasteiger partial charge in [0.15, 0.2) is 0 Å². The molecule has 2 heterocycles. The van der Waals surface area contributed by atoms with Crippen molar-refractivity contribution in [3.05, 3.63) is 83.4 Å². The van der Waals surface area contributed by atoms with Gasteiger partial charge in [-0.05, 0) is 93.8 Å². The Bertz CT molecular complexity index is 1250. The number of ether oxygens (including phenoxy) is 1. The molecule has 8 heteroatoms. The number of nitrogens with zero attached hydrogens (tertiary/aromatic N) is 3. The van der Waals surface area contributed by atoms with E-state index in [-0.39, 0.29) is 0 Å². The third-order valence-corrected chi connectivity index (χ3v) is 8.70. The fraction of sp³-hybridized carbons (Fsp3) is 0.406. The van der Waals surface area contributed by atoms with Crippen LogP contribution in [-0.4, -0.2) is 80.3 Å². The number of likely N-dealkylation sites (tertiary alicyclic amines) is 1. The maximum atomic E-state index is 12.5. The molecule has 214 valence electrons. The number of hydrogen-bond donors (Lipinski definition) is 1. The number of nitrogens with one attached hydrogen (secondary N) is 1. The number of hydrogen-bond acceptors (Lipinski definition) is 6. The third-order valence-electron chi connectivity index (χ3n) is 7.60. The summed E-state index contributed by atoms with van der Waals surface area (Å²) in [6.45, 7) is 9.82. The number of methoxy groups -OCH3 is 1. The summed E-state index contributed by atoms with van der Waals surface area (Å²) in [5, 5.41) is 0. The first-order valence-electron chi connectivity index (χ1n) is 14.1. The molecule has 1 atom stereocenters. The largest absolute Gasteiger partial charge is 0.495 e. The van der Waals surface area contributed by atoms with Crippen LogP contribution in [0.4, 0.5) is 11.4 Å². The first kappa shape index (κ1) is 29.8. The molecule has 0 radical (unpaired) electrons. The van der Waals surface area contributed by atoms with Crippen molar-refractivity contribution >= 4 is 28.6 Å². The number of carbonyl (C=O) groups is 1. The maximum Gasteiger partial charge on any atom is 0.150 e. The van der Waals surface area contributed by atoms with Crippen molar-refractivity contribution in [3.8, 4) is 5.75 Å². The van der Waals surface area contributed by atoms with Gasteiger partial charge in [-0.3, -0.25) is 4.79 Å². The molecule has 2 aliphatic rings. The molecule has 0 spiro atoms. The quantitative estimate of drug-likeness (QED) is 0.369. The van der Waals surface area contributed by atoms with Crippen LogP contribution in [0.1, 0.15) is 34.3 Å². The zero-order valence-corrected chi connectivity index (χ0v) is 24.8. The van der Waals surface area contributed by atoms with Crippen molar-refractivity contribution in [2.45, 2.75) is 31.1 Å². The van der Waals surface area contributed by atoms with Crippen LogP contribution in [0.3, 0.4) is 0 Å². The van der Waals surface area contributed by atoms with Crippen molar-refractivity contribution in [3.63, 3.8) is 0 Å². The fourth-order valence-electron chi connectivity index (χ4n) is 5.00. The number of rotatable bonds is 9. The Kier molecular flexibility index (Phi) is 11.1. The van der Waals surface area contributed by atoms with E-state index in [1.807, 2.05) is 37.3 Å². The second kappa shape index (κ2) is 15.0. The molecule has 7 nitrogen and oxygen atoms in total. The van der Waals surface area contributed by atoms with Gasteiger partial charge in [0, 0.05) is 44.0 Å². The van der Waals surface area contributed by atoms with E-state index in [9.17, 15) is 9.00 Å². The van der Waals surface area contributed by atoms with Crippen molar-refractivity contribution in [1.82, 2.24) is 9.80 Å². The number of likely N-dealkylation sites (N-methyl/N-ethyl adjacent to an activating group) is 1. The molecule has 1 N–H and O–H groups in total. The molecule has 1 unspecified atom stereocenters. The zero-order valence-electron chi connectivity index (χ0n) is 24.0. The SMILES string of the molecule is COc1ccccc1N1CCN(C)CC1.Cc1ccc(S(=O)Nc2ccc(CCN3CCCC3)cc2)cc1C=O. The number of piperazine rings is 1. The van der Waals surface area contributed by atoms with E-state index in [1.165, 1.54) is 37.2 Å². The lowest BCUT2D eigenvalue weighted by Gasteiger charge is -2.34. The molecular formula is C32H42N4O3S.